The van der Waals surface area contributed by atoms with Gasteiger partial charge >= 0.3 is 0 Å². The predicted octanol–water partition coefficient (Wildman–Crippen LogP) is 2.06. The molecule has 0 bridgehead atoms. The molecule has 1 heterocycles. The van der Waals surface area contributed by atoms with Gasteiger partial charge in [-0.1, -0.05) is 36.9 Å². The zero-order chi connectivity index (χ0) is 12.8. The summed E-state index contributed by atoms with van der Waals surface area (Å²) in [5, 5.41) is 0. The van der Waals surface area contributed by atoms with Crippen molar-refractivity contribution < 1.29 is 0 Å². The molecule has 0 saturated carbocycles. The Kier molecular flexibility index (Phi) is 4.70. The summed E-state index contributed by atoms with van der Waals surface area (Å²) >= 11 is 1.97. The molecule has 2 N–H and O–H groups in total. The second-order valence-corrected chi connectivity index (χ2v) is 5.47. The lowest BCUT2D eigenvalue weighted by molar-refractivity contribution is 0.457. The summed E-state index contributed by atoms with van der Waals surface area (Å²) in [6.45, 7) is 6.62. The first-order chi connectivity index (χ1) is 8.77. The van der Waals surface area contributed by atoms with Gasteiger partial charge in [0.25, 0.3) is 0 Å². The highest BCUT2D eigenvalue weighted by Crippen LogP contribution is 2.12. The van der Waals surface area contributed by atoms with Crippen LogP contribution in [0.4, 0.5) is 0 Å². The van der Waals surface area contributed by atoms with Crippen LogP contribution in [0.15, 0.2) is 41.9 Å². The Labute approximate surface area is 113 Å². The fourth-order valence-corrected chi connectivity index (χ4v) is 2.74. The van der Waals surface area contributed by atoms with Gasteiger partial charge in [-0.2, -0.15) is 11.8 Å². The van der Waals surface area contributed by atoms with Crippen LogP contribution in [0.25, 0.3) is 5.57 Å². The minimum Gasteiger partial charge on any atom is -0.370 e. The van der Waals surface area contributed by atoms with Gasteiger partial charge in [0.05, 0.1) is 6.54 Å². The zero-order valence-corrected chi connectivity index (χ0v) is 11.3. The van der Waals surface area contributed by atoms with Crippen LogP contribution in [-0.4, -0.2) is 42.0 Å². The van der Waals surface area contributed by atoms with Crippen molar-refractivity contribution in [2.24, 2.45) is 10.7 Å². The first-order valence-electron chi connectivity index (χ1n) is 6.13. The zero-order valence-electron chi connectivity index (χ0n) is 10.5. The maximum Gasteiger partial charge on any atom is 0.191 e. The Balaban J connectivity index is 1.91. The molecule has 1 aromatic carbocycles. The molecule has 1 aromatic rings. The lowest BCUT2D eigenvalue weighted by atomic mass is 10.1. The molecule has 0 aliphatic carbocycles. The summed E-state index contributed by atoms with van der Waals surface area (Å²) in [7, 11) is 0. The highest BCUT2D eigenvalue weighted by molar-refractivity contribution is 7.99. The lowest BCUT2D eigenvalue weighted by Crippen LogP contribution is -2.42. The van der Waals surface area contributed by atoms with Crippen LogP contribution < -0.4 is 5.73 Å². The van der Waals surface area contributed by atoms with Crippen molar-refractivity contribution in [3.05, 3.63) is 42.5 Å². The average molecular weight is 261 g/mol. The Bertz CT molecular complexity index is 422. The number of hydrogen-bond donors (Lipinski definition) is 1. The molecule has 1 fully saturated rings. The first kappa shape index (κ1) is 13.0. The molecule has 2 rings (SSSR count). The summed E-state index contributed by atoms with van der Waals surface area (Å²) < 4.78 is 0. The van der Waals surface area contributed by atoms with Crippen LogP contribution in [0.1, 0.15) is 5.56 Å². The summed E-state index contributed by atoms with van der Waals surface area (Å²) in [5.74, 6) is 2.92. The highest BCUT2D eigenvalue weighted by atomic mass is 32.2. The van der Waals surface area contributed by atoms with Gasteiger partial charge in [0, 0.05) is 24.6 Å². The molecule has 3 nitrogen and oxygen atoms in total. The summed E-state index contributed by atoms with van der Waals surface area (Å²) in [6.07, 6.45) is 0. The van der Waals surface area contributed by atoms with E-state index in [4.69, 9.17) is 5.73 Å². The van der Waals surface area contributed by atoms with E-state index in [1.165, 1.54) is 0 Å². The first-order valence-corrected chi connectivity index (χ1v) is 7.28. The highest BCUT2D eigenvalue weighted by Gasteiger charge is 2.11. The molecule has 1 saturated heterocycles. The van der Waals surface area contributed by atoms with Gasteiger partial charge in [-0.25, -0.2) is 4.99 Å². The summed E-state index contributed by atoms with van der Waals surface area (Å²) in [6, 6.07) is 10.1. The number of thioether (sulfide) groups is 1. The molecule has 0 unspecified atom stereocenters. The van der Waals surface area contributed by atoms with Gasteiger partial charge in [-0.05, 0) is 11.1 Å². The van der Waals surface area contributed by atoms with Crippen LogP contribution in [0, 0.1) is 0 Å². The van der Waals surface area contributed by atoms with Crippen LogP contribution in [-0.2, 0) is 0 Å². The van der Waals surface area contributed by atoms with E-state index in [2.05, 4.69) is 16.5 Å². The van der Waals surface area contributed by atoms with Crippen LogP contribution in [0.5, 0.6) is 0 Å². The molecule has 0 radical (unpaired) electrons. The third kappa shape index (κ3) is 3.53. The van der Waals surface area contributed by atoms with Gasteiger partial charge in [0.2, 0.25) is 0 Å². The Hall–Kier alpha value is -1.42. The molecule has 0 atom stereocenters. The predicted molar refractivity (Wildman–Crippen MR) is 80.9 cm³/mol. The smallest absolute Gasteiger partial charge is 0.191 e. The van der Waals surface area contributed by atoms with Gasteiger partial charge in [0.15, 0.2) is 5.96 Å². The van der Waals surface area contributed by atoms with Crippen LogP contribution in [0.2, 0.25) is 0 Å². The van der Waals surface area contributed by atoms with Crippen molar-refractivity contribution in [2.45, 2.75) is 0 Å². The van der Waals surface area contributed by atoms with Crippen LogP contribution >= 0.6 is 11.8 Å². The fraction of sp³-hybridized carbons (Fsp3) is 0.357. The maximum atomic E-state index is 6.00. The number of aliphatic imine (C=N–C) groups is 1. The van der Waals surface area contributed by atoms with Gasteiger partial charge in [-0.15, -0.1) is 0 Å². The van der Waals surface area contributed by atoms with Crippen molar-refractivity contribution in [1.82, 2.24) is 4.90 Å². The van der Waals surface area contributed by atoms with Gasteiger partial charge in [-0.3, -0.25) is 0 Å². The number of rotatable bonds is 3. The normalized spacial score (nSPS) is 16.7. The molecule has 1 aliphatic rings. The standard InChI is InChI=1S/C14H19N3S/c1-12(13-5-3-2-4-6-13)11-16-14(15)17-7-9-18-10-8-17/h2-6H,1,7-11H2,(H2,15,16). The molecule has 0 spiro atoms. The van der Waals surface area contributed by atoms with Crippen LogP contribution in [0.3, 0.4) is 0 Å². The van der Waals surface area contributed by atoms with E-state index in [9.17, 15) is 0 Å². The largest absolute Gasteiger partial charge is 0.370 e. The van der Waals surface area contributed by atoms with E-state index in [0.717, 1.165) is 35.7 Å². The molecule has 18 heavy (non-hydrogen) atoms. The third-order valence-corrected chi connectivity index (χ3v) is 3.89. The number of hydrogen-bond acceptors (Lipinski definition) is 2. The van der Waals surface area contributed by atoms with Crippen molar-refractivity contribution in [2.75, 3.05) is 31.1 Å². The van der Waals surface area contributed by atoms with E-state index in [-0.39, 0.29) is 0 Å². The minimum atomic E-state index is 0.569. The summed E-state index contributed by atoms with van der Waals surface area (Å²) in [5.41, 5.74) is 8.13. The molecule has 1 aliphatic heterocycles. The van der Waals surface area contributed by atoms with Crippen molar-refractivity contribution in [1.29, 1.82) is 0 Å². The molecular formula is C14H19N3S. The number of guanidine groups is 1. The second-order valence-electron chi connectivity index (χ2n) is 4.24. The molecule has 96 valence electrons. The van der Waals surface area contributed by atoms with E-state index >= 15 is 0 Å². The minimum absolute atomic E-state index is 0.569. The SMILES string of the molecule is C=C(CN=C(N)N1CCSCC1)c1ccccc1. The van der Waals surface area contributed by atoms with Gasteiger partial charge in [0.1, 0.15) is 0 Å². The topological polar surface area (TPSA) is 41.6 Å². The van der Waals surface area contributed by atoms with Gasteiger partial charge < -0.3 is 10.6 Å². The van der Waals surface area contributed by atoms with E-state index in [1.54, 1.807) is 0 Å². The number of benzene rings is 1. The second kappa shape index (κ2) is 6.50. The third-order valence-electron chi connectivity index (χ3n) is 2.95. The molecule has 0 amide bonds. The number of nitrogens with two attached hydrogens (primary N) is 1. The fourth-order valence-electron chi connectivity index (χ4n) is 1.83. The molecule has 0 aromatic heterocycles. The molecular weight excluding hydrogens is 242 g/mol. The molecule has 4 heteroatoms. The van der Waals surface area contributed by atoms with E-state index < -0.39 is 0 Å². The van der Waals surface area contributed by atoms with Crippen molar-refractivity contribution in [3.8, 4) is 0 Å². The maximum absolute atomic E-state index is 6.00. The quantitative estimate of drug-likeness (QED) is 0.669. The Morgan fingerprint density at radius 1 is 1.28 bits per heavy atom. The van der Waals surface area contributed by atoms with E-state index in [1.807, 2.05) is 42.1 Å². The number of nitrogens with zero attached hydrogens (tertiary/aromatic N) is 2. The monoisotopic (exact) mass is 261 g/mol. The Morgan fingerprint density at radius 2 is 1.94 bits per heavy atom. The van der Waals surface area contributed by atoms with Crippen molar-refractivity contribution in [3.63, 3.8) is 0 Å². The summed E-state index contributed by atoms with van der Waals surface area (Å²) in [4.78, 5) is 6.58. The van der Waals surface area contributed by atoms with Crippen molar-refractivity contribution >= 4 is 23.3 Å². The van der Waals surface area contributed by atoms with E-state index in [0.29, 0.717) is 12.5 Å². The lowest BCUT2D eigenvalue weighted by Gasteiger charge is -2.27. The Morgan fingerprint density at radius 3 is 2.61 bits per heavy atom. The average Bonchev–Trinajstić information content (AvgIpc) is 2.46.